The number of esters is 1. The molecule has 0 radical (unpaired) electrons. The number of ether oxygens (including phenoxy) is 1. The summed E-state index contributed by atoms with van der Waals surface area (Å²) in [6, 6.07) is 9.25. The molecular weight excluding hydrogens is 440 g/mol. The number of benzene rings is 1. The van der Waals surface area contributed by atoms with E-state index in [2.05, 4.69) is 72.7 Å². The lowest BCUT2D eigenvalue weighted by molar-refractivity contribution is -0.143. The number of thiophene rings is 1. The van der Waals surface area contributed by atoms with Crippen LogP contribution in [0.5, 0.6) is 0 Å². The number of rotatable bonds is 12. The van der Waals surface area contributed by atoms with Crippen LogP contribution in [0, 0.1) is 12.3 Å². The Hall–Kier alpha value is -1.65. The quantitative estimate of drug-likeness (QED) is 0.315. The number of hydrogen-bond donors (Lipinski definition) is 1. The zero-order valence-electron chi connectivity index (χ0n) is 22.7. The maximum atomic E-state index is 11.8. The molecule has 1 atom stereocenters. The smallest absolute Gasteiger partial charge is 0.306 e. The number of hydrogen-bond acceptors (Lipinski definition) is 4. The third-order valence-corrected chi connectivity index (χ3v) is 8.84. The van der Waals surface area contributed by atoms with Gasteiger partial charge in [-0.15, -0.1) is 11.3 Å². The fraction of sp³-hybridized carbons (Fsp3) is 0.633. The van der Waals surface area contributed by atoms with Crippen LogP contribution < -0.4 is 0 Å². The maximum Gasteiger partial charge on any atom is 0.306 e. The summed E-state index contributed by atoms with van der Waals surface area (Å²) >= 11 is 1.95. The molecule has 2 aromatic rings. The molecule has 0 fully saturated rings. The van der Waals surface area contributed by atoms with Crippen molar-refractivity contribution >= 4 is 17.3 Å². The molecule has 3 nitrogen and oxygen atoms in total. The predicted molar refractivity (Wildman–Crippen MR) is 145 cm³/mol. The number of aliphatic hydroxyl groups excluding tert-OH is 1. The van der Waals surface area contributed by atoms with Gasteiger partial charge in [0.15, 0.2) is 0 Å². The van der Waals surface area contributed by atoms with Crippen molar-refractivity contribution in [2.45, 2.75) is 112 Å². The standard InChI is InChI=1S/C30H46O3S/c1-9-22-20-27(34-25(22)16-17-26(31)29(6,7)8)30(10-2,11-3)24-15-13-23(21(5)19-24)14-18-28(32)33-12-4/h13,15,19-20,26,31H,9-12,14,16-18H2,1-8H3. The van der Waals surface area contributed by atoms with Crippen molar-refractivity contribution in [3.05, 3.63) is 56.3 Å². The highest BCUT2D eigenvalue weighted by Gasteiger charge is 2.33. The van der Waals surface area contributed by atoms with Crippen LogP contribution in [0.25, 0.3) is 0 Å². The average Bonchev–Trinajstić information content (AvgIpc) is 3.21. The van der Waals surface area contributed by atoms with Crippen LogP contribution in [-0.4, -0.2) is 23.8 Å². The summed E-state index contributed by atoms with van der Waals surface area (Å²) in [5.41, 5.74) is 5.15. The van der Waals surface area contributed by atoms with E-state index in [-0.39, 0.29) is 22.9 Å². The highest BCUT2D eigenvalue weighted by molar-refractivity contribution is 7.12. The lowest BCUT2D eigenvalue weighted by Gasteiger charge is -2.32. The predicted octanol–water partition coefficient (Wildman–Crippen LogP) is 7.56. The summed E-state index contributed by atoms with van der Waals surface area (Å²) in [6.07, 6.45) is 5.68. The van der Waals surface area contributed by atoms with E-state index in [4.69, 9.17) is 4.74 Å². The third kappa shape index (κ3) is 6.73. The molecule has 0 amide bonds. The molecule has 0 spiro atoms. The molecule has 1 aromatic carbocycles. The number of aliphatic hydroxyl groups is 1. The Morgan fingerprint density at radius 1 is 1.03 bits per heavy atom. The molecule has 0 aliphatic heterocycles. The monoisotopic (exact) mass is 486 g/mol. The van der Waals surface area contributed by atoms with E-state index in [0.717, 1.165) is 38.5 Å². The largest absolute Gasteiger partial charge is 0.466 e. The molecule has 34 heavy (non-hydrogen) atoms. The summed E-state index contributed by atoms with van der Waals surface area (Å²) in [6.45, 7) is 17.6. The zero-order valence-corrected chi connectivity index (χ0v) is 23.5. The Labute approximate surface area is 211 Å². The lowest BCUT2D eigenvalue weighted by Crippen LogP contribution is -2.26. The summed E-state index contributed by atoms with van der Waals surface area (Å²) in [5.74, 6) is -0.128. The summed E-state index contributed by atoms with van der Waals surface area (Å²) in [5, 5.41) is 10.6. The Balaban J connectivity index is 2.34. The summed E-state index contributed by atoms with van der Waals surface area (Å²) in [7, 11) is 0. The first-order valence-corrected chi connectivity index (χ1v) is 13.9. The van der Waals surface area contributed by atoms with Gasteiger partial charge in [0.1, 0.15) is 0 Å². The second kappa shape index (κ2) is 12.4. The minimum atomic E-state index is -0.297. The topological polar surface area (TPSA) is 46.5 Å². The first-order valence-electron chi connectivity index (χ1n) is 13.1. The van der Waals surface area contributed by atoms with E-state index in [1.807, 2.05) is 18.3 Å². The Morgan fingerprint density at radius 2 is 1.71 bits per heavy atom. The first kappa shape index (κ1) is 28.6. The van der Waals surface area contributed by atoms with Gasteiger partial charge in [-0.3, -0.25) is 4.79 Å². The van der Waals surface area contributed by atoms with E-state index in [0.29, 0.717) is 13.0 Å². The van der Waals surface area contributed by atoms with Crippen LogP contribution in [0.1, 0.15) is 106 Å². The fourth-order valence-electron chi connectivity index (χ4n) is 4.81. The van der Waals surface area contributed by atoms with Crippen LogP contribution in [0.15, 0.2) is 24.3 Å². The van der Waals surface area contributed by atoms with Gasteiger partial charge in [0.25, 0.3) is 0 Å². The Kier molecular flexibility index (Phi) is 10.4. The molecule has 0 aliphatic rings. The molecule has 2 rings (SSSR count). The van der Waals surface area contributed by atoms with Gasteiger partial charge in [-0.25, -0.2) is 0 Å². The number of carbonyl (C=O) groups is 1. The Morgan fingerprint density at radius 3 is 2.24 bits per heavy atom. The second-order valence-corrected chi connectivity index (χ2v) is 11.7. The van der Waals surface area contributed by atoms with Gasteiger partial charge in [0.05, 0.1) is 12.7 Å². The number of carbonyl (C=O) groups excluding carboxylic acids is 1. The van der Waals surface area contributed by atoms with Crippen LogP contribution in [0.2, 0.25) is 0 Å². The lowest BCUT2D eigenvalue weighted by atomic mass is 9.73. The third-order valence-electron chi connectivity index (χ3n) is 7.40. The van der Waals surface area contributed by atoms with E-state index in [1.165, 1.54) is 32.0 Å². The van der Waals surface area contributed by atoms with Gasteiger partial charge in [0.2, 0.25) is 0 Å². The molecule has 0 saturated carbocycles. The van der Waals surface area contributed by atoms with Gasteiger partial charge in [0, 0.05) is 21.6 Å². The van der Waals surface area contributed by atoms with Gasteiger partial charge >= 0.3 is 5.97 Å². The fourth-order valence-corrected chi connectivity index (χ4v) is 6.43. The highest BCUT2D eigenvalue weighted by Crippen LogP contribution is 2.44. The van der Waals surface area contributed by atoms with Crippen molar-refractivity contribution in [2.24, 2.45) is 5.41 Å². The first-order chi connectivity index (χ1) is 16.0. The van der Waals surface area contributed by atoms with Crippen molar-refractivity contribution in [3.63, 3.8) is 0 Å². The van der Waals surface area contributed by atoms with E-state index >= 15 is 0 Å². The van der Waals surface area contributed by atoms with Gasteiger partial charge in [-0.1, -0.05) is 59.7 Å². The highest BCUT2D eigenvalue weighted by atomic mass is 32.1. The molecule has 0 saturated heterocycles. The van der Waals surface area contributed by atoms with Crippen molar-refractivity contribution in [1.29, 1.82) is 0 Å². The van der Waals surface area contributed by atoms with Crippen molar-refractivity contribution in [2.75, 3.05) is 6.61 Å². The molecule has 1 unspecified atom stereocenters. The summed E-state index contributed by atoms with van der Waals surface area (Å²) in [4.78, 5) is 14.7. The molecular formula is C30H46O3S. The van der Waals surface area contributed by atoms with Gasteiger partial charge < -0.3 is 9.84 Å². The normalized spacial score (nSPS) is 13.2. The van der Waals surface area contributed by atoms with E-state index in [1.54, 1.807) is 0 Å². The molecule has 1 heterocycles. The van der Waals surface area contributed by atoms with Crippen LogP contribution in [0.4, 0.5) is 0 Å². The maximum absolute atomic E-state index is 11.8. The SMILES string of the molecule is CCOC(=O)CCc1ccc(C(CC)(CC)c2cc(CC)c(CCC(O)C(C)(C)C)s2)cc1C. The van der Waals surface area contributed by atoms with Crippen molar-refractivity contribution in [1.82, 2.24) is 0 Å². The molecule has 4 heteroatoms. The van der Waals surface area contributed by atoms with Crippen LogP contribution in [-0.2, 0) is 34.2 Å². The molecule has 1 N–H and O–H groups in total. The molecule has 0 bridgehead atoms. The second-order valence-electron chi connectivity index (χ2n) is 10.6. The molecule has 0 aliphatic carbocycles. The van der Waals surface area contributed by atoms with Gasteiger partial charge in [-0.05, 0) is 86.1 Å². The molecule has 190 valence electrons. The van der Waals surface area contributed by atoms with Gasteiger partial charge in [-0.2, -0.15) is 0 Å². The van der Waals surface area contributed by atoms with Crippen molar-refractivity contribution < 1.29 is 14.6 Å². The average molecular weight is 487 g/mol. The van der Waals surface area contributed by atoms with E-state index < -0.39 is 0 Å². The van der Waals surface area contributed by atoms with E-state index in [9.17, 15) is 9.90 Å². The summed E-state index contributed by atoms with van der Waals surface area (Å²) < 4.78 is 5.10. The minimum Gasteiger partial charge on any atom is -0.466 e. The Bertz CT molecular complexity index is 931. The zero-order chi connectivity index (χ0) is 25.5. The van der Waals surface area contributed by atoms with Crippen LogP contribution in [0.3, 0.4) is 0 Å². The van der Waals surface area contributed by atoms with Crippen LogP contribution >= 0.6 is 11.3 Å². The number of aryl methyl sites for hydroxylation is 4. The van der Waals surface area contributed by atoms with Crippen molar-refractivity contribution in [3.8, 4) is 0 Å². The minimum absolute atomic E-state index is 0.0140. The molecule has 1 aromatic heterocycles.